The number of benzene rings is 2. The van der Waals surface area contributed by atoms with Gasteiger partial charge >= 0.3 is 0 Å². The number of aryl methyl sites for hydroxylation is 1. The molecule has 0 bridgehead atoms. The molecule has 26 heavy (non-hydrogen) atoms. The Morgan fingerprint density at radius 3 is 2.35 bits per heavy atom. The van der Waals surface area contributed by atoms with Crippen LogP contribution < -0.4 is 5.32 Å². The number of hydrogen-bond donors (Lipinski definition) is 1. The van der Waals surface area contributed by atoms with E-state index in [0.717, 1.165) is 6.42 Å². The van der Waals surface area contributed by atoms with Gasteiger partial charge in [0.2, 0.25) is 5.91 Å². The van der Waals surface area contributed by atoms with Crippen LogP contribution in [0.1, 0.15) is 76.3 Å². The highest BCUT2D eigenvalue weighted by molar-refractivity contribution is 5.86. The first kappa shape index (κ1) is 20.5. The summed E-state index contributed by atoms with van der Waals surface area (Å²) in [5.41, 5.74) is 2.77. The fourth-order valence-corrected chi connectivity index (χ4v) is 3.59. The predicted octanol–water partition coefficient (Wildman–Crippen LogP) is 6.20. The van der Waals surface area contributed by atoms with Gasteiger partial charge in [0.05, 0.1) is 0 Å². The Bertz CT molecular complexity index is 677. The smallest absolute Gasteiger partial charge is 0.216 e. The number of hydrogen-bond acceptors (Lipinski definition) is 1. The summed E-state index contributed by atoms with van der Waals surface area (Å²) >= 11 is 0. The molecule has 1 amide bonds. The molecule has 1 N–H and O–H groups in total. The quantitative estimate of drug-likeness (QED) is 0.452. The second-order valence-corrected chi connectivity index (χ2v) is 7.43. The Morgan fingerprint density at radius 1 is 0.885 bits per heavy atom. The van der Waals surface area contributed by atoms with Crippen molar-refractivity contribution in [3.05, 3.63) is 47.5 Å². The number of amides is 1. The molecule has 0 aliphatic heterocycles. The fourth-order valence-electron chi connectivity index (χ4n) is 3.59. The van der Waals surface area contributed by atoms with Crippen LogP contribution in [0.3, 0.4) is 0 Å². The van der Waals surface area contributed by atoms with Crippen molar-refractivity contribution in [2.24, 2.45) is 0 Å². The number of rotatable bonds is 12. The molecule has 0 saturated heterocycles. The molecule has 0 atom stereocenters. The standard InChI is InChI=1S/C24H35NO/c1-3-4-5-6-7-8-9-10-12-21-15-16-22-13-11-14-23(24(22)19-21)17-18-25-20(2)26/h11,13-16,19H,3-10,12,17-18H2,1-2H3,(H,25,26). The Morgan fingerprint density at radius 2 is 1.62 bits per heavy atom. The van der Waals surface area contributed by atoms with Crippen LogP contribution in [0.2, 0.25) is 0 Å². The van der Waals surface area contributed by atoms with Crippen molar-refractivity contribution >= 4 is 16.7 Å². The maximum atomic E-state index is 11.1. The van der Waals surface area contributed by atoms with E-state index in [2.05, 4.69) is 48.6 Å². The number of carbonyl (C=O) groups is 1. The van der Waals surface area contributed by atoms with Crippen LogP contribution >= 0.6 is 0 Å². The zero-order chi connectivity index (χ0) is 18.6. The van der Waals surface area contributed by atoms with Gasteiger partial charge in [-0.1, -0.05) is 88.3 Å². The molecule has 0 aromatic heterocycles. The first-order valence-electron chi connectivity index (χ1n) is 10.5. The number of fused-ring (bicyclic) bond motifs is 1. The van der Waals surface area contributed by atoms with Crippen molar-refractivity contribution in [3.8, 4) is 0 Å². The molecule has 2 nitrogen and oxygen atoms in total. The molecule has 0 heterocycles. The molecule has 0 unspecified atom stereocenters. The van der Waals surface area contributed by atoms with Crippen LogP contribution in [0.15, 0.2) is 36.4 Å². The SMILES string of the molecule is CCCCCCCCCCc1ccc2cccc(CCNC(C)=O)c2c1. The van der Waals surface area contributed by atoms with Crippen molar-refractivity contribution in [2.45, 2.75) is 78.1 Å². The highest BCUT2D eigenvalue weighted by Gasteiger charge is 2.03. The van der Waals surface area contributed by atoms with Gasteiger partial charge in [-0.15, -0.1) is 0 Å². The molecule has 0 aliphatic rings. The average molecular weight is 354 g/mol. The van der Waals surface area contributed by atoms with E-state index in [0.29, 0.717) is 6.54 Å². The minimum absolute atomic E-state index is 0.0422. The minimum Gasteiger partial charge on any atom is -0.356 e. The van der Waals surface area contributed by atoms with Crippen LogP contribution in [-0.4, -0.2) is 12.5 Å². The third-order valence-electron chi connectivity index (χ3n) is 5.12. The first-order chi connectivity index (χ1) is 12.7. The summed E-state index contributed by atoms with van der Waals surface area (Å²) in [5.74, 6) is 0.0422. The monoisotopic (exact) mass is 353 g/mol. The summed E-state index contributed by atoms with van der Waals surface area (Å²) in [6.45, 7) is 4.55. The molecule has 0 radical (unpaired) electrons. The van der Waals surface area contributed by atoms with Gasteiger partial charge in [-0.3, -0.25) is 4.79 Å². The molecule has 0 saturated carbocycles. The van der Waals surface area contributed by atoms with E-state index >= 15 is 0 Å². The lowest BCUT2D eigenvalue weighted by molar-refractivity contribution is -0.118. The second kappa shape index (κ2) is 11.7. The Labute approximate surface area is 159 Å². The molecular formula is C24H35NO. The van der Waals surface area contributed by atoms with Gasteiger partial charge in [0.25, 0.3) is 0 Å². The third kappa shape index (κ3) is 7.19. The van der Waals surface area contributed by atoms with E-state index in [9.17, 15) is 4.79 Å². The number of nitrogens with one attached hydrogen (secondary N) is 1. The highest BCUT2D eigenvalue weighted by Crippen LogP contribution is 2.22. The van der Waals surface area contributed by atoms with Crippen LogP contribution in [0.5, 0.6) is 0 Å². The second-order valence-electron chi connectivity index (χ2n) is 7.43. The molecule has 142 valence electrons. The van der Waals surface area contributed by atoms with Crippen LogP contribution in [-0.2, 0) is 17.6 Å². The summed E-state index contributed by atoms with van der Waals surface area (Å²) in [6.07, 6.45) is 13.0. The molecule has 2 heteroatoms. The van der Waals surface area contributed by atoms with Crippen LogP contribution in [0, 0.1) is 0 Å². The van der Waals surface area contributed by atoms with E-state index in [-0.39, 0.29) is 5.91 Å². The van der Waals surface area contributed by atoms with Crippen LogP contribution in [0.25, 0.3) is 10.8 Å². The Kier molecular flexibility index (Phi) is 9.23. The Balaban J connectivity index is 1.83. The Hall–Kier alpha value is -1.83. The number of carbonyl (C=O) groups excluding carboxylic acids is 1. The van der Waals surface area contributed by atoms with Gasteiger partial charge in [0.15, 0.2) is 0 Å². The fraction of sp³-hybridized carbons (Fsp3) is 0.542. The summed E-state index contributed by atoms with van der Waals surface area (Å²) < 4.78 is 0. The van der Waals surface area contributed by atoms with E-state index in [1.807, 2.05) is 0 Å². The molecular weight excluding hydrogens is 318 g/mol. The van der Waals surface area contributed by atoms with E-state index in [1.165, 1.54) is 79.7 Å². The summed E-state index contributed by atoms with van der Waals surface area (Å²) in [6, 6.07) is 13.4. The van der Waals surface area contributed by atoms with Crippen molar-refractivity contribution in [2.75, 3.05) is 6.54 Å². The van der Waals surface area contributed by atoms with Gasteiger partial charge in [-0.05, 0) is 41.2 Å². The van der Waals surface area contributed by atoms with Gasteiger partial charge in [0, 0.05) is 13.5 Å². The lowest BCUT2D eigenvalue weighted by Gasteiger charge is -2.09. The van der Waals surface area contributed by atoms with Crippen LogP contribution in [0.4, 0.5) is 0 Å². The largest absolute Gasteiger partial charge is 0.356 e. The molecule has 2 aromatic rings. The minimum atomic E-state index is 0.0422. The van der Waals surface area contributed by atoms with Crippen molar-refractivity contribution in [1.29, 1.82) is 0 Å². The van der Waals surface area contributed by atoms with E-state index in [4.69, 9.17) is 0 Å². The van der Waals surface area contributed by atoms with Gasteiger partial charge < -0.3 is 5.32 Å². The normalized spacial score (nSPS) is 11.0. The van der Waals surface area contributed by atoms with Crippen molar-refractivity contribution < 1.29 is 4.79 Å². The number of unbranched alkanes of at least 4 members (excludes halogenated alkanes) is 7. The van der Waals surface area contributed by atoms with Gasteiger partial charge in [-0.2, -0.15) is 0 Å². The molecule has 0 fully saturated rings. The zero-order valence-corrected chi connectivity index (χ0v) is 16.7. The summed E-state index contributed by atoms with van der Waals surface area (Å²) in [7, 11) is 0. The molecule has 2 rings (SSSR count). The predicted molar refractivity (Wildman–Crippen MR) is 113 cm³/mol. The average Bonchev–Trinajstić information content (AvgIpc) is 2.64. The summed E-state index contributed by atoms with van der Waals surface area (Å²) in [4.78, 5) is 11.1. The summed E-state index contributed by atoms with van der Waals surface area (Å²) in [5, 5.41) is 5.54. The van der Waals surface area contributed by atoms with Crippen molar-refractivity contribution in [1.82, 2.24) is 5.32 Å². The maximum Gasteiger partial charge on any atom is 0.216 e. The molecule has 2 aromatic carbocycles. The highest BCUT2D eigenvalue weighted by atomic mass is 16.1. The lowest BCUT2D eigenvalue weighted by Crippen LogP contribution is -2.22. The first-order valence-corrected chi connectivity index (χ1v) is 10.5. The van der Waals surface area contributed by atoms with Gasteiger partial charge in [0.1, 0.15) is 0 Å². The van der Waals surface area contributed by atoms with E-state index in [1.54, 1.807) is 6.92 Å². The molecule has 0 spiro atoms. The van der Waals surface area contributed by atoms with E-state index < -0.39 is 0 Å². The maximum absolute atomic E-state index is 11.1. The topological polar surface area (TPSA) is 29.1 Å². The zero-order valence-electron chi connectivity index (χ0n) is 16.7. The van der Waals surface area contributed by atoms with Gasteiger partial charge in [-0.25, -0.2) is 0 Å². The molecule has 0 aliphatic carbocycles. The third-order valence-corrected chi connectivity index (χ3v) is 5.12. The lowest BCUT2D eigenvalue weighted by atomic mass is 9.97. The van der Waals surface area contributed by atoms with Crippen molar-refractivity contribution in [3.63, 3.8) is 0 Å².